The summed E-state index contributed by atoms with van der Waals surface area (Å²) < 4.78 is 5.27. The molecular weight excluding hydrogens is 342 g/mol. The molecule has 2 aliphatic heterocycles. The summed E-state index contributed by atoms with van der Waals surface area (Å²) in [6.45, 7) is 4.83. The minimum atomic E-state index is -0.654. The number of carbonyl (C=O) groups is 3. The zero-order chi connectivity index (χ0) is 17.8. The number of rotatable bonds is 5. The quantitative estimate of drug-likeness (QED) is 0.857. The van der Waals surface area contributed by atoms with Gasteiger partial charge in [0.25, 0.3) is 5.24 Å². The van der Waals surface area contributed by atoms with Gasteiger partial charge in [0.05, 0.1) is 19.9 Å². The number of imide groups is 1. The van der Waals surface area contributed by atoms with Crippen LogP contribution in [0, 0.1) is 6.92 Å². The molecule has 2 saturated heterocycles. The van der Waals surface area contributed by atoms with Crippen molar-refractivity contribution in [1.29, 1.82) is 0 Å². The van der Waals surface area contributed by atoms with E-state index in [1.807, 2.05) is 36.1 Å². The lowest BCUT2D eigenvalue weighted by molar-refractivity contribution is -0.130. The van der Waals surface area contributed by atoms with Crippen LogP contribution in [0.15, 0.2) is 24.3 Å². The Bertz CT molecular complexity index is 658. The Morgan fingerprint density at radius 1 is 1.24 bits per heavy atom. The summed E-state index contributed by atoms with van der Waals surface area (Å²) in [5.41, 5.74) is 1.78. The van der Waals surface area contributed by atoms with E-state index in [4.69, 9.17) is 4.74 Å². The Morgan fingerprint density at radius 2 is 1.92 bits per heavy atom. The first-order valence-corrected chi connectivity index (χ1v) is 9.09. The van der Waals surface area contributed by atoms with Gasteiger partial charge < -0.3 is 10.1 Å². The summed E-state index contributed by atoms with van der Waals surface area (Å²) in [6, 6.07) is 7.43. The number of morpholine rings is 1. The van der Waals surface area contributed by atoms with Gasteiger partial charge in [-0.3, -0.25) is 24.2 Å². The summed E-state index contributed by atoms with van der Waals surface area (Å²) in [5, 5.41) is 1.83. The third-order valence-corrected chi connectivity index (χ3v) is 5.23. The first-order chi connectivity index (χ1) is 12.0. The second-order valence-corrected chi connectivity index (χ2v) is 7.28. The van der Waals surface area contributed by atoms with Crippen molar-refractivity contribution in [3.8, 4) is 0 Å². The van der Waals surface area contributed by atoms with Gasteiger partial charge >= 0.3 is 0 Å². The predicted molar refractivity (Wildman–Crippen MR) is 95.3 cm³/mol. The van der Waals surface area contributed by atoms with E-state index in [2.05, 4.69) is 5.32 Å². The summed E-state index contributed by atoms with van der Waals surface area (Å²) >= 11 is 0.930. The van der Waals surface area contributed by atoms with Crippen LogP contribution in [0.2, 0.25) is 0 Å². The van der Waals surface area contributed by atoms with Crippen LogP contribution in [-0.2, 0) is 14.3 Å². The molecule has 2 aliphatic rings. The maximum Gasteiger partial charge on any atom is 0.290 e. The SMILES string of the molecule is Cc1ccc(NC(=O)CC2SC(=O)N(CN3CCOCC3)C2=O)cc1. The molecule has 25 heavy (non-hydrogen) atoms. The van der Waals surface area contributed by atoms with Gasteiger partial charge in [-0.1, -0.05) is 29.5 Å². The molecule has 1 aromatic rings. The maximum absolute atomic E-state index is 12.5. The number of benzene rings is 1. The molecule has 1 aromatic carbocycles. The molecule has 7 nitrogen and oxygen atoms in total. The van der Waals surface area contributed by atoms with E-state index >= 15 is 0 Å². The normalized spacial score (nSPS) is 21.6. The summed E-state index contributed by atoms with van der Waals surface area (Å²) in [5.74, 6) is -0.559. The largest absolute Gasteiger partial charge is 0.379 e. The fourth-order valence-electron chi connectivity index (χ4n) is 2.72. The molecule has 3 amide bonds. The van der Waals surface area contributed by atoms with Crippen molar-refractivity contribution in [2.24, 2.45) is 0 Å². The molecule has 0 bridgehead atoms. The van der Waals surface area contributed by atoms with Crippen LogP contribution in [0.1, 0.15) is 12.0 Å². The molecular formula is C17H21N3O4S. The number of nitrogens with zero attached hydrogens (tertiary/aromatic N) is 2. The van der Waals surface area contributed by atoms with Gasteiger partial charge in [-0.2, -0.15) is 0 Å². The van der Waals surface area contributed by atoms with Gasteiger partial charge in [0.2, 0.25) is 11.8 Å². The second-order valence-electron chi connectivity index (χ2n) is 6.13. The van der Waals surface area contributed by atoms with Crippen LogP contribution in [0.4, 0.5) is 10.5 Å². The second kappa shape index (κ2) is 7.99. The van der Waals surface area contributed by atoms with E-state index in [0.717, 1.165) is 17.3 Å². The molecule has 134 valence electrons. The van der Waals surface area contributed by atoms with E-state index in [1.165, 1.54) is 4.90 Å². The molecule has 2 fully saturated rings. The van der Waals surface area contributed by atoms with Crippen molar-refractivity contribution < 1.29 is 19.1 Å². The average Bonchev–Trinajstić information content (AvgIpc) is 2.85. The van der Waals surface area contributed by atoms with Gasteiger partial charge in [-0.05, 0) is 19.1 Å². The fourth-order valence-corrected chi connectivity index (χ4v) is 3.70. The highest BCUT2D eigenvalue weighted by molar-refractivity contribution is 8.15. The Hall–Kier alpha value is -1.90. The highest BCUT2D eigenvalue weighted by atomic mass is 32.2. The number of thioether (sulfide) groups is 1. The van der Waals surface area contributed by atoms with Crippen molar-refractivity contribution in [3.05, 3.63) is 29.8 Å². The first kappa shape index (κ1) is 17.9. The third-order valence-electron chi connectivity index (χ3n) is 4.16. The van der Waals surface area contributed by atoms with Crippen molar-refractivity contribution in [1.82, 2.24) is 9.80 Å². The van der Waals surface area contributed by atoms with Gasteiger partial charge in [-0.25, -0.2) is 0 Å². The van der Waals surface area contributed by atoms with E-state index < -0.39 is 5.25 Å². The minimum absolute atomic E-state index is 0.0112. The van der Waals surface area contributed by atoms with Gasteiger partial charge in [0.15, 0.2) is 0 Å². The number of carbonyl (C=O) groups excluding carboxylic acids is 3. The van der Waals surface area contributed by atoms with Crippen LogP contribution in [0.3, 0.4) is 0 Å². The molecule has 0 saturated carbocycles. The molecule has 3 rings (SSSR count). The van der Waals surface area contributed by atoms with Crippen molar-refractivity contribution in [2.45, 2.75) is 18.6 Å². The smallest absolute Gasteiger partial charge is 0.290 e. The Balaban J connectivity index is 1.54. The van der Waals surface area contributed by atoms with Gasteiger partial charge in [-0.15, -0.1) is 0 Å². The fraction of sp³-hybridized carbons (Fsp3) is 0.471. The molecule has 0 spiro atoms. The standard InChI is InChI=1S/C17H21N3O4S/c1-12-2-4-13(5-3-12)18-15(21)10-14-16(22)20(17(23)25-14)11-19-6-8-24-9-7-19/h2-5,14H,6-11H2,1H3,(H,18,21). The summed E-state index contributed by atoms with van der Waals surface area (Å²) in [4.78, 5) is 40.0. The lowest BCUT2D eigenvalue weighted by Crippen LogP contribution is -2.46. The highest BCUT2D eigenvalue weighted by Gasteiger charge is 2.41. The topological polar surface area (TPSA) is 79.0 Å². The van der Waals surface area contributed by atoms with E-state index in [1.54, 1.807) is 0 Å². The minimum Gasteiger partial charge on any atom is -0.379 e. The molecule has 1 atom stereocenters. The molecule has 0 radical (unpaired) electrons. The van der Waals surface area contributed by atoms with Crippen molar-refractivity contribution in [3.63, 3.8) is 0 Å². The Kier molecular flexibility index (Phi) is 5.72. The van der Waals surface area contributed by atoms with Crippen LogP contribution >= 0.6 is 11.8 Å². The van der Waals surface area contributed by atoms with Crippen molar-refractivity contribution in [2.75, 3.05) is 38.3 Å². The van der Waals surface area contributed by atoms with Crippen LogP contribution in [0.5, 0.6) is 0 Å². The molecule has 0 aliphatic carbocycles. The molecule has 0 aromatic heterocycles. The average molecular weight is 363 g/mol. The molecule has 1 N–H and O–H groups in total. The number of aryl methyl sites for hydroxylation is 1. The van der Waals surface area contributed by atoms with Crippen LogP contribution in [0.25, 0.3) is 0 Å². The van der Waals surface area contributed by atoms with E-state index in [-0.39, 0.29) is 30.1 Å². The molecule has 2 heterocycles. The number of anilines is 1. The van der Waals surface area contributed by atoms with Crippen molar-refractivity contribution >= 4 is 34.5 Å². The van der Waals surface area contributed by atoms with Crippen LogP contribution in [-0.4, -0.2) is 65.1 Å². The lowest BCUT2D eigenvalue weighted by atomic mass is 10.2. The first-order valence-electron chi connectivity index (χ1n) is 8.21. The van der Waals surface area contributed by atoms with Gasteiger partial charge in [0.1, 0.15) is 5.25 Å². The molecule has 1 unspecified atom stereocenters. The number of hydrogen-bond donors (Lipinski definition) is 1. The van der Waals surface area contributed by atoms with Crippen LogP contribution < -0.4 is 5.32 Å². The number of amides is 3. The van der Waals surface area contributed by atoms with E-state index in [9.17, 15) is 14.4 Å². The predicted octanol–water partition coefficient (Wildman–Crippen LogP) is 1.68. The lowest BCUT2D eigenvalue weighted by Gasteiger charge is -2.29. The number of nitrogens with one attached hydrogen (secondary N) is 1. The Morgan fingerprint density at radius 3 is 2.60 bits per heavy atom. The zero-order valence-corrected chi connectivity index (χ0v) is 14.9. The number of hydrogen-bond acceptors (Lipinski definition) is 6. The zero-order valence-electron chi connectivity index (χ0n) is 14.1. The van der Waals surface area contributed by atoms with E-state index in [0.29, 0.717) is 32.0 Å². The summed E-state index contributed by atoms with van der Waals surface area (Å²) in [7, 11) is 0. The maximum atomic E-state index is 12.5. The number of ether oxygens (including phenoxy) is 1. The highest BCUT2D eigenvalue weighted by Crippen LogP contribution is 2.29. The van der Waals surface area contributed by atoms with Gasteiger partial charge in [0, 0.05) is 25.2 Å². The Labute approximate surface area is 150 Å². The summed E-state index contributed by atoms with van der Waals surface area (Å²) in [6.07, 6.45) is -0.0112. The molecule has 8 heteroatoms. The monoisotopic (exact) mass is 363 g/mol. The third kappa shape index (κ3) is 4.59.